The first-order valence-electron chi connectivity index (χ1n) is 19.8. The van der Waals surface area contributed by atoms with E-state index in [4.69, 9.17) is 29.9 Å². The van der Waals surface area contributed by atoms with Crippen molar-refractivity contribution in [1.29, 1.82) is 0 Å². The summed E-state index contributed by atoms with van der Waals surface area (Å²) >= 11 is 0. The SMILES string of the molecule is CC(C)(C)c1ccc2c(c1)-c1nc-2nc2[nH]c(nc3nc(nc4[nH]c(n1)c1ccc(C=C(C(=O)O)C(=O)O)cc41)-c1ccc(C(C)(C)C)cc1-3)c1ccc(C(C)(C)C)cc21. The summed E-state index contributed by atoms with van der Waals surface area (Å²) in [6, 6.07) is 24.0. The van der Waals surface area contributed by atoms with E-state index in [0.717, 1.165) is 55.8 Å². The molecule has 3 aromatic heterocycles. The summed E-state index contributed by atoms with van der Waals surface area (Å²) in [5.74, 6) is -1.27. The Bertz CT molecular complexity index is 3190. The van der Waals surface area contributed by atoms with E-state index >= 15 is 0 Å². The van der Waals surface area contributed by atoms with Gasteiger partial charge < -0.3 is 20.2 Å². The van der Waals surface area contributed by atoms with E-state index in [1.165, 1.54) is 0 Å². The van der Waals surface area contributed by atoms with Crippen LogP contribution in [-0.2, 0) is 25.8 Å². The van der Waals surface area contributed by atoms with Crippen LogP contribution in [0.2, 0.25) is 0 Å². The molecule has 0 spiro atoms. The fourth-order valence-corrected chi connectivity index (χ4v) is 7.68. The quantitative estimate of drug-likeness (QED) is 0.0762. The number of benzene rings is 4. The largest absolute Gasteiger partial charge is 0.477 e. The number of nitrogens with zero attached hydrogens (tertiary/aromatic N) is 6. The number of carboxylic acids is 2. The molecule has 9 rings (SSSR count). The van der Waals surface area contributed by atoms with E-state index < -0.39 is 17.5 Å². The number of H-pyrrole nitrogens is 2. The van der Waals surface area contributed by atoms with Gasteiger partial charge in [-0.1, -0.05) is 105 Å². The summed E-state index contributed by atoms with van der Waals surface area (Å²) in [5, 5.41) is 22.3. The molecule has 300 valence electrons. The molecule has 0 saturated heterocycles. The molecule has 0 saturated carbocycles. The van der Waals surface area contributed by atoms with Gasteiger partial charge in [-0.05, 0) is 74.9 Å². The van der Waals surface area contributed by atoms with Crippen LogP contribution in [0.3, 0.4) is 0 Å². The van der Waals surface area contributed by atoms with Gasteiger partial charge in [0.2, 0.25) is 0 Å². The van der Waals surface area contributed by atoms with E-state index in [2.05, 4.69) is 121 Å². The van der Waals surface area contributed by atoms with Crippen molar-refractivity contribution in [2.75, 3.05) is 0 Å². The van der Waals surface area contributed by atoms with Crippen LogP contribution < -0.4 is 0 Å². The maximum atomic E-state index is 11.9. The van der Waals surface area contributed by atoms with Gasteiger partial charge in [0, 0.05) is 43.8 Å². The van der Waals surface area contributed by atoms with Gasteiger partial charge >= 0.3 is 11.9 Å². The van der Waals surface area contributed by atoms with Crippen LogP contribution in [0.25, 0.3) is 95.8 Å². The Morgan fingerprint density at radius 3 is 1.25 bits per heavy atom. The highest BCUT2D eigenvalue weighted by Crippen LogP contribution is 2.40. The first-order chi connectivity index (χ1) is 28.2. The molecular formula is C48H44N8O4. The van der Waals surface area contributed by atoms with Gasteiger partial charge in [0.1, 0.15) is 28.2 Å². The molecule has 5 heterocycles. The normalized spacial score (nSPS) is 12.7. The predicted molar refractivity (Wildman–Crippen MR) is 235 cm³/mol. The van der Waals surface area contributed by atoms with Crippen LogP contribution in [0.4, 0.5) is 0 Å². The van der Waals surface area contributed by atoms with Crippen molar-refractivity contribution in [1.82, 2.24) is 39.9 Å². The minimum Gasteiger partial charge on any atom is -0.477 e. The summed E-state index contributed by atoms with van der Waals surface area (Å²) < 4.78 is 0. The molecular weight excluding hydrogens is 753 g/mol. The molecule has 8 bridgehead atoms. The zero-order chi connectivity index (χ0) is 42.6. The average molecular weight is 797 g/mol. The number of carbonyl (C=O) groups is 2. The number of aliphatic carboxylic acids is 2. The number of carboxylic acid groups (broad SMARTS) is 2. The lowest BCUT2D eigenvalue weighted by Gasteiger charge is -2.19. The zero-order valence-corrected chi connectivity index (χ0v) is 34.9. The third kappa shape index (κ3) is 6.58. The van der Waals surface area contributed by atoms with E-state index in [1.807, 2.05) is 6.07 Å². The smallest absolute Gasteiger partial charge is 0.343 e. The van der Waals surface area contributed by atoms with E-state index in [0.29, 0.717) is 62.2 Å². The van der Waals surface area contributed by atoms with Crippen LogP contribution in [0.5, 0.6) is 0 Å². The fourth-order valence-electron chi connectivity index (χ4n) is 7.68. The second-order valence-corrected chi connectivity index (χ2v) is 18.6. The molecule has 0 radical (unpaired) electrons. The van der Waals surface area contributed by atoms with Crippen molar-refractivity contribution in [3.8, 4) is 45.6 Å². The highest BCUT2D eigenvalue weighted by Gasteiger charge is 2.27. The van der Waals surface area contributed by atoms with E-state index in [1.54, 1.807) is 18.2 Å². The summed E-state index contributed by atoms with van der Waals surface area (Å²) in [6.07, 6.45) is 1.13. The molecule has 60 heavy (non-hydrogen) atoms. The van der Waals surface area contributed by atoms with Gasteiger partial charge in [-0.2, -0.15) is 0 Å². The Hall–Kier alpha value is -7.08. The number of nitrogens with one attached hydrogen (secondary N) is 2. The number of hydrogen-bond donors (Lipinski definition) is 4. The lowest BCUT2D eigenvalue weighted by atomic mass is 9.85. The van der Waals surface area contributed by atoms with E-state index in [-0.39, 0.29) is 16.2 Å². The number of aromatic nitrogens is 8. The molecule has 2 aliphatic heterocycles. The molecule has 12 nitrogen and oxygen atoms in total. The molecule has 0 amide bonds. The van der Waals surface area contributed by atoms with Crippen LogP contribution in [0.1, 0.15) is 84.6 Å². The molecule has 12 heteroatoms. The van der Waals surface area contributed by atoms with Crippen molar-refractivity contribution in [2.45, 2.75) is 78.6 Å². The molecule has 0 atom stereocenters. The maximum Gasteiger partial charge on any atom is 0.343 e. The van der Waals surface area contributed by atoms with Gasteiger partial charge in [-0.25, -0.2) is 39.5 Å². The van der Waals surface area contributed by atoms with Crippen molar-refractivity contribution in [2.24, 2.45) is 0 Å². The lowest BCUT2D eigenvalue weighted by Crippen LogP contribution is -2.10. The topological polar surface area (TPSA) is 184 Å². The number of fused-ring (bicyclic) bond motifs is 20. The standard InChI is InChI=1S/C48H44N8O4/c1-46(2,3)24-11-15-28-32(20-24)42-52-37(28)50-40-31-18-23(19-35(44(57)58)45(59)60)10-14-27(31)36(49-40)51-41-33-21-25(47(4,5)6)12-16-29(33)38(53-41)55-43-34-22-26(48(7,8)9)13-17-30(34)39(54-42)56-43/h10-22H,1-9H3,(H,57,58)(H,59,60)(H2,49,50,51,52,53,54,55,56). The maximum absolute atomic E-state index is 11.9. The molecule has 2 aliphatic rings. The van der Waals surface area contributed by atoms with Gasteiger partial charge in [0.05, 0.1) is 0 Å². The number of rotatable bonds is 3. The highest BCUT2D eigenvalue weighted by molar-refractivity contribution is 6.16. The fraction of sp³-hybridized carbons (Fsp3) is 0.250. The number of aromatic amines is 2. The van der Waals surface area contributed by atoms with Crippen molar-refractivity contribution >= 4 is 62.1 Å². The number of hydrogen-bond acceptors (Lipinski definition) is 8. The first kappa shape index (κ1) is 38.4. The van der Waals surface area contributed by atoms with Gasteiger partial charge in [-0.15, -0.1) is 0 Å². The summed E-state index contributed by atoms with van der Waals surface area (Å²) in [7, 11) is 0. The predicted octanol–water partition coefficient (Wildman–Crippen LogP) is 10.3. The Kier molecular flexibility index (Phi) is 8.47. The monoisotopic (exact) mass is 796 g/mol. The Labute approximate surface area is 345 Å². The lowest BCUT2D eigenvalue weighted by molar-refractivity contribution is -0.140. The van der Waals surface area contributed by atoms with E-state index in [9.17, 15) is 19.8 Å². The minimum absolute atomic E-state index is 0.123. The second kappa shape index (κ2) is 13.2. The third-order valence-corrected chi connectivity index (χ3v) is 11.2. The van der Waals surface area contributed by atoms with Gasteiger partial charge in [0.25, 0.3) is 0 Å². The average Bonchev–Trinajstić information content (AvgIpc) is 3.90. The Morgan fingerprint density at radius 1 is 0.450 bits per heavy atom. The Balaban J connectivity index is 1.45. The van der Waals surface area contributed by atoms with Crippen LogP contribution in [-0.4, -0.2) is 62.0 Å². The first-order valence-corrected chi connectivity index (χ1v) is 19.8. The summed E-state index contributed by atoms with van der Waals surface area (Å²) in [6.45, 7) is 19.5. The Morgan fingerprint density at radius 2 is 0.817 bits per heavy atom. The minimum atomic E-state index is -1.55. The molecule has 7 aromatic rings. The summed E-state index contributed by atoms with van der Waals surface area (Å²) in [5.41, 5.74) is 7.79. The third-order valence-electron chi connectivity index (χ3n) is 11.2. The molecule has 4 N–H and O–H groups in total. The molecule has 0 aliphatic carbocycles. The van der Waals surface area contributed by atoms with Crippen LogP contribution >= 0.6 is 0 Å². The van der Waals surface area contributed by atoms with Crippen molar-refractivity contribution in [3.05, 3.63) is 101 Å². The van der Waals surface area contributed by atoms with Crippen LogP contribution in [0, 0.1) is 0 Å². The highest BCUT2D eigenvalue weighted by atomic mass is 16.4. The second-order valence-electron chi connectivity index (χ2n) is 18.6. The molecule has 4 aromatic carbocycles. The molecule has 0 fully saturated rings. The van der Waals surface area contributed by atoms with Crippen molar-refractivity contribution in [3.63, 3.8) is 0 Å². The summed E-state index contributed by atoms with van der Waals surface area (Å²) in [4.78, 5) is 61.6. The molecule has 0 unspecified atom stereocenters. The van der Waals surface area contributed by atoms with Gasteiger partial charge in [-0.3, -0.25) is 0 Å². The van der Waals surface area contributed by atoms with Gasteiger partial charge in [0.15, 0.2) is 23.3 Å². The zero-order valence-electron chi connectivity index (χ0n) is 34.9. The van der Waals surface area contributed by atoms with Crippen LogP contribution in [0.15, 0.2) is 78.4 Å². The van der Waals surface area contributed by atoms with Crippen molar-refractivity contribution < 1.29 is 19.8 Å².